The number of aryl methyl sites for hydroxylation is 2. The SMILES string of the molecule is Cl.O=C(Nc1nc2c(s1)CCCC2)C1CCCO1. The lowest BCUT2D eigenvalue weighted by Gasteiger charge is -2.07. The van der Waals surface area contributed by atoms with Crippen LogP contribution in [0.3, 0.4) is 0 Å². The van der Waals surface area contributed by atoms with Crippen molar-refractivity contribution >= 4 is 34.8 Å². The van der Waals surface area contributed by atoms with Gasteiger partial charge in [0.1, 0.15) is 6.10 Å². The van der Waals surface area contributed by atoms with Crippen LogP contribution in [0.25, 0.3) is 0 Å². The minimum absolute atomic E-state index is 0. The molecular formula is C12H17ClN2O2S. The molecule has 2 heterocycles. The summed E-state index contributed by atoms with van der Waals surface area (Å²) < 4.78 is 5.35. The summed E-state index contributed by atoms with van der Waals surface area (Å²) in [6.07, 6.45) is 6.17. The number of carbonyl (C=O) groups is 1. The van der Waals surface area contributed by atoms with Gasteiger partial charge < -0.3 is 4.74 Å². The van der Waals surface area contributed by atoms with Crippen molar-refractivity contribution in [3.8, 4) is 0 Å². The van der Waals surface area contributed by atoms with Crippen LogP contribution in [0, 0.1) is 0 Å². The number of hydrogen-bond acceptors (Lipinski definition) is 4. The number of aromatic nitrogens is 1. The van der Waals surface area contributed by atoms with Crippen LogP contribution in [-0.2, 0) is 22.4 Å². The second kappa shape index (κ2) is 5.99. The van der Waals surface area contributed by atoms with Gasteiger partial charge in [0.2, 0.25) is 0 Å². The largest absolute Gasteiger partial charge is 0.368 e. The number of nitrogens with one attached hydrogen (secondary N) is 1. The Morgan fingerprint density at radius 2 is 2.17 bits per heavy atom. The average Bonchev–Trinajstić information content (AvgIpc) is 2.97. The van der Waals surface area contributed by atoms with Crippen LogP contribution in [-0.4, -0.2) is 23.6 Å². The van der Waals surface area contributed by atoms with E-state index in [9.17, 15) is 4.79 Å². The Balaban J connectivity index is 0.00000120. The predicted octanol–water partition coefficient (Wildman–Crippen LogP) is 2.56. The van der Waals surface area contributed by atoms with E-state index in [2.05, 4.69) is 10.3 Å². The molecular weight excluding hydrogens is 272 g/mol. The van der Waals surface area contributed by atoms with Gasteiger partial charge in [0.05, 0.1) is 5.69 Å². The summed E-state index contributed by atoms with van der Waals surface area (Å²) in [5.41, 5.74) is 1.18. The first-order chi connectivity index (χ1) is 8.33. The summed E-state index contributed by atoms with van der Waals surface area (Å²) in [6.45, 7) is 0.701. The number of halogens is 1. The van der Waals surface area contributed by atoms with E-state index in [1.807, 2.05) is 0 Å². The molecule has 1 aliphatic carbocycles. The molecule has 0 spiro atoms. The minimum Gasteiger partial charge on any atom is -0.368 e. The van der Waals surface area contributed by atoms with Gasteiger partial charge in [0.25, 0.3) is 5.91 Å². The molecule has 1 atom stereocenters. The topological polar surface area (TPSA) is 51.2 Å². The molecule has 4 nitrogen and oxygen atoms in total. The van der Waals surface area contributed by atoms with Crippen molar-refractivity contribution in [2.24, 2.45) is 0 Å². The molecule has 1 aliphatic heterocycles. The molecule has 1 aromatic heterocycles. The molecule has 1 fully saturated rings. The molecule has 1 N–H and O–H groups in total. The van der Waals surface area contributed by atoms with E-state index >= 15 is 0 Å². The van der Waals surface area contributed by atoms with Crippen LogP contribution >= 0.6 is 23.7 Å². The average molecular weight is 289 g/mol. The summed E-state index contributed by atoms with van der Waals surface area (Å²) >= 11 is 1.62. The van der Waals surface area contributed by atoms with Gasteiger partial charge >= 0.3 is 0 Å². The van der Waals surface area contributed by atoms with Crippen molar-refractivity contribution < 1.29 is 9.53 Å². The molecule has 1 saturated heterocycles. The molecule has 0 aromatic carbocycles. The van der Waals surface area contributed by atoms with Gasteiger partial charge in [-0.1, -0.05) is 0 Å². The van der Waals surface area contributed by atoms with Gasteiger partial charge in [-0.25, -0.2) is 4.98 Å². The molecule has 2 aliphatic rings. The van der Waals surface area contributed by atoms with Crippen LogP contribution in [0.5, 0.6) is 0 Å². The Hall–Kier alpha value is -0.650. The minimum atomic E-state index is -0.268. The quantitative estimate of drug-likeness (QED) is 0.910. The van der Waals surface area contributed by atoms with Crippen LogP contribution in [0.1, 0.15) is 36.3 Å². The number of amides is 1. The lowest BCUT2D eigenvalue weighted by atomic mass is 10.0. The highest BCUT2D eigenvalue weighted by Crippen LogP contribution is 2.29. The first-order valence-corrected chi connectivity index (χ1v) is 7.05. The smallest absolute Gasteiger partial charge is 0.255 e. The summed E-state index contributed by atoms with van der Waals surface area (Å²) in [5.74, 6) is -0.0337. The fourth-order valence-electron chi connectivity index (χ4n) is 2.38. The van der Waals surface area contributed by atoms with Gasteiger partial charge in [-0.05, 0) is 38.5 Å². The van der Waals surface area contributed by atoms with Crippen molar-refractivity contribution in [2.75, 3.05) is 11.9 Å². The molecule has 0 saturated carbocycles. The molecule has 0 bridgehead atoms. The second-order valence-electron chi connectivity index (χ2n) is 4.59. The van der Waals surface area contributed by atoms with Gasteiger partial charge in [0, 0.05) is 11.5 Å². The summed E-state index contributed by atoms with van der Waals surface area (Å²) in [6, 6.07) is 0. The van der Waals surface area contributed by atoms with Crippen molar-refractivity contribution in [3.63, 3.8) is 0 Å². The van der Waals surface area contributed by atoms with E-state index in [0.29, 0.717) is 6.61 Å². The molecule has 0 radical (unpaired) electrons. The van der Waals surface area contributed by atoms with Crippen LogP contribution < -0.4 is 5.32 Å². The monoisotopic (exact) mass is 288 g/mol. The molecule has 1 aromatic rings. The third-order valence-corrected chi connectivity index (χ3v) is 4.37. The first-order valence-electron chi connectivity index (χ1n) is 6.24. The van der Waals surface area contributed by atoms with Gasteiger partial charge in [-0.3, -0.25) is 10.1 Å². The van der Waals surface area contributed by atoms with Gasteiger partial charge in [-0.2, -0.15) is 0 Å². The highest BCUT2D eigenvalue weighted by molar-refractivity contribution is 7.15. The number of thiazole rings is 1. The zero-order valence-corrected chi connectivity index (χ0v) is 11.7. The van der Waals surface area contributed by atoms with Crippen molar-refractivity contribution in [2.45, 2.75) is 44.6 Å². The van der Waals surface area contributed by atoms with Gasteiger partial charge in [-0.15, -0.1) is 23.7 Å². The van der Waals surface area contributed by atoms with E-state index in [4.69, 9.17) is 4.74 Å². The molecule has 18 heavy (non-hydrogen) atoms. The maximum absolute atomic E-state index is 11.9. The van der Waals surface area contributed by atoms with E-state index in [1.165, 1.54) is 23.4 Å². The van der Waals surface area contributed by atoms with Gasteiger partial charge in [0.15, 0.2) is 5.13 Å². The number of nitrogens with zero attached hydrogens (tertiary/aromatic N) is 1. The van der Waals surface area contributed by atoms with Crippen LogP contribution in [0.15, 0.2) is 0 Å². The summed E-state index contributed by atoms with van der Waals surface area (Å²) in [4.78, 5) is 17.7. The van der Waals surface area contributed by atoms with Crippen molar-refractivity contribution in [1.82, 2.24) is 4.98 Å². The first kappa shape index (κ1) is 13.8. The van der Waals surface area contributed by atoms with Crippen molar-refractivity contribution in [3.05, 3.63) is 10.6 Å². The maximum atomic E-state index is 11.9. The Morgan fingerprint density at radius 3 is 2.89 bits per heavy atom. The lowest BCUT2D eigenvalue weighted by molar-refractivity contribution is -0.124. The molecule has 1 amide bonds. The molecule has 3 rings (SSSR count). The fourth-order valence-corrected chi connectivity index (χ4v) is 3.43. The number of ether oxygens (including phenoxy) is 1. The van der Waals surface area contributed by atoms with Crippen LogP contribution in [0.2, 0.25) is 0 Å². The van der Waals surface area contributed by atoms with E-state index in [-0.39, 0.29) is 24.4 Å². The number of carbonyl (C=O) groups excluding carboxylic acids is 1. The number of fused-ring (bicyclic) bond motifs is 1. The van der Waals surface area contributed by atoms with E-state index in [0.717, 1.165) is 30.8 Å². The standard InChI is InChI=1S/C12H16N2O2S.ClH/c15-11(9-5-3-7-16-9)14-12-13-8-4-1-2-6-10(8)17-12;/h9H,1-7H2,(H,13,14,15);1H. The highest BCUT2D eigenvalue weighted by atomic mass is 35.5. The second-order valence-corrected chi connectivity index (χ2v) is 5.67. The summed E-state index contributed by atoms with van der Waals surface area (Å²) in [5, 5.41) is 3.63. The Kier molecular flexibility index (Phi) is 4.59. The normalized spacial score (nSPS) is 22.1. The highest BCUT2D eigenvalue weighted by Gasteiger charge is 2.25. The molecule has 6 heteroatoms. The Morgan fingerprint density at radius 1 is 1.33 bits per heavy atom. The zero-order valence-electron chi connectivity index (χ0n) is 10.1. The van der Waals surface area contributed by atoms with Crippen molar-refractivity contribution in [1.29, 1.82) is 0 Å². The molecule has 1 unspecified atom stereocenters. The third-order valence-electron chi connectivity index (χ3n) is 3.30. The lowest BCUT2D eigenvalue weighted by Crippen LogP contribution is -2.26. The van der Waals surface area contributed by atoms with E-state index in [1.54, 1.807) is 11.3 Å². The molecule has 100 valence electrons. The van der Waals surface area contributed by atoms with Crippen LogP contribution in [0.4, 0.5) is 5.13 Å². The number of anilines is 1. The predicted molar refractivity (Wildman–Crippen MR) is 73.6 cm³/mol. The Bertz CT molecular complexity index is 406. The fraction of sp³-hybridized carbons (Fsp3) is 0.667. The maximum Gasteiger partial charge on any atom is 0.255 e. The van der Waals surface area contributed by atoms with E-state index < -0.39 is 0 Å². The number of rotatable bonds is 2. The summed E-state index contributed by atoms with van der Waals surface area (Å²) in [7, 11) is 0. The Labute approximate surface area is 117 Å². The zero-order chi connectivity index (χ0) is 11.7. The number of hydrogen-bond donors (Lipinski definition) is 1. The third kappa shape index (κ3) is 2.84.